The first-order valence-corrected chi connectivity index (χ1v) is 11.4. The maximum Gasteiger partial charge on any atom is 0.322 e. The molecule has 0 saturated heterocycles. The Morgan fingerprint density at radius 2 is 1.68 bits per heavy atom. The first-order chi connectivity index (χ1) is 16.5. The van der Waals surface area contributed by atoms with Gasteiger partial charge in [0.15, 0.2) is 0 Å². The summed E-state index contributed by atoms with van der Waals surface area (Å²) in [5.41, 5.74) is 5.45. The first-order valence-electron chi connectivity index (χ1n) is 11.0. The van der Waals surface area contributed by atoms with Crippen molar-refractivity contribution in [3.63, 3.8) is 0 Å². The van der Waals surface area contributed by atoms with Gasteiger partial charge in [-0.15, -0.1) is 0 Å². The van der Waals surface area contributed by atoms with Crippen LogP contribution in [0.25, 0.3) is 17.0 Å². The van der Waals surface area contributed by atoms with Crippen molar-refractivity contribution >= 4 is 23.2 Å². The van der Waals surface area contributed by atoms with E-state index in [4.69, 9.17) is 21.1 Å². The minimum atomic E-state index is -0.415. The zero-order valence-electron chi connectivity index (χ0n) is 18.8. The van der Waals surface area contributed by atoms with E-state index in [1.165, 1.54) is 0 Å². The molecule has 0 bridgehead atoms. The lowest BCUT2D eigenvalue weighted by Gasteiger charge is -2.35. The molecule has 1 aromatic heterocycles. The topological polar surface area (TPSA) is 71.3 Å². The number of carbonyl (C=O) groups is 1. The number of hydrogen-bond donors (Lipinski definition) is 1. The number of nitrogens with one attached hydrogen (secondary N) is 1. The number of urea groups is 1. The molecule has 7 heteroatoms. The molecule has 1 atom stereocenters. The van der Waals surface area contributed by atoms with E-state index in [2.05, 4.69) is 10.5 Å². The molecule has 170 valence electrons. The Kier molecular flexibility index (Phi) is 5.90. The van der Waals surface area contributed by atoms with Crippen molar-refractivity contribution in [1.29, 1.82) is 0 Å². The number of rotatable bonds is 5. The predicted octanol–water partition coefficient (Wildman–Crippen LogP) is 6.40. The number of allylic oxidation sites excluding steroid dienone is 1. The Morgan fingerprint density at radius 1 is 0.971 bits per heavy atom. The number of aryl methyl sites for hydroxylation is 1. The molecule has 5 rings (SSSR count). The second-order valence-corrected chi connectivity index (χ2v) is 8.73. The highest BCUT2D eigenvalue weighted by Crippen LogP contribution is 2.37. The molecule has 4 aromatic rings. The van der Waals surface area contributed by atoms with Crippen LogP contribution < -0.4 is 5.32 Å². The van der Waals surface area contributed by atoms with Gasteiger partial charge in [0.05, 0.1) is 18.2 Å². The van der Waals surface area contributed by atoms with Gasteiger partial charge in [0.1, 0.15) is 0 Å². The molecule has 0 radical (unpaired) electrons. The summed E-state index contributed by atoms with van der Waals surface area (Å²) in [5.74, 6) is 0.881. The Morgan fingerprint density at radius 3 is 2.38 bits per heavy atom. The van der Waals surface area contributed by atoms with Gasteiger partial charge in [-0.1, -0.05) is 89.1 Å². The lowest BCUT2D eigenvalue weighted by atomic mass is 9.94. The SMILES string of the molecule is CC1=C(c2nc(-c3ccc(C)cc3)no2)C(c2ccccc2)NC(=O)N1Cc1ccc(Cl)cc1. The van der Waals surface area contributed by atoms with Crippen LogP contribution >= 0.6 is 11.6 Å². The van der Waals surface area contributed by atoms with E-state index in [-0.39, 0.29) is 6.03 Å². The lowest BCUT2D eigenvalue weighted by molar-refractivity contribution is 0.203. The zero-order valence-corrected chi connectivity index (χ0v) is 19.6. The van der Waals surface area contributed by atoms with E-state index in [9.17, 15) is 4.79 Å². The molecule has 1 aliphatic rings. The van der Waals surface area contributed by atoms with Crippen molar-refractivity contribution in [2.45, 2.75) is 26.4 Å². The van der Waals surface area contributed by atoms with Gasteiger partial charge in [0.25, 0.3) is 5.89 Å². The molecule has 0 aliphatic carbocycles. The molecule has 2 heterocycles. The van der Waals surface area contributed by atoms with Crippen molar-refractivity contribution < 1.29 is 9.32 Å². The molecule has 0 saturated carbocycles. The van der Waals surface area contributed by atoms with E-state index in [0.29, 0.717) is 23.3 Å². The second-order valence-electron chi connectivity index (χ2n) is 8.29. The van der Waals surface area contributed by atoms with Crippen LogP contribution in [0.4, 0.5) is 4.79 Å². The van der Waals surface area contributed by atoms with Crippen LogP contribution in [0.3, 0.4) is 0 Å². The van der Waals surface area contributed by atoms with Crippen molar-refractivity contribution in [2.24, 2.45) is 0 Å². The average Bonchev–Trinajstić information content (AvgIpc) is 3.33. The third-order valence-electron chi connectivity index (χ3n) is 5.95. The number of carbonyl (C=O) groups excluding carboxylic acids is 1. The zero-order chi connectivity index (χ0) is 23.7. The summed E-state index contributed by atoms with van der Waals surface area (Å²) in [6, 6.07) is 24.6. The average molecular weight is 471 g/mol. The minimum Gasteiger partial charge on any atom is -0.334 e. The van der Waals surface area contributed by atoms with Crippen molar-refractivity contribution in [3.05, 3.63) is 112 Å². The van der Waals surface area contributed by atoms with Crippen LogP contribution in [-0.2, 0) is 6.54 Å². The summed E-state index contributed by atoms with van der Waals surface area (Å²) in [7, 11) is 0. The highest BCUT2D eigenvalue weighted by molar-refractivity contribution is 6.30. The Bertz CT molecular complexity index is 1350. The van der Waals surface area contributed by atoms with Gasteiger partial charge in [0, 0.05) is 16.3 Å². The molecule has 1 unspecified atom stereocenters. The van der Waals surface area contributed by atoms with Crippen LogP contribution in [0.15, 0.2) is 89.1 Å². The fourth-order valence-corrected chi connectivity index (χ4v) is 4.20. The quantitative estimate of drug-likeness (QED) is 0.366. The molecule has 3 aromatic carbocycles. The summed E-state index contributed by atoms with van der Waals surface area (Å²) in [4.78, 5) is 19.6. The van der Waals surface area contributed by atoms with E-state index in [1.54, 1.807) is 4.90 Å². The van der Waals surface area contributed by atoms with Crippen molar-refractivity contribution in [1.82, 2.24) is 20.4 Å². The lowest BCUT2D eigenvalue weighted by Crippen LogP contribution is -2.45. The van der Waals surface area contributed by atoms with E-state index < -0.39 is 6.04 Å². The summed E-state index contributed by atoms with van der Waals surface area (Å²) in [5, 5.41) is 8.00. The molecule has 6 nitrogen and oxygen atoms in total. The standard InChI is InChI=1S/C27H23ClN4O2/c1-17-8-12-21(13-9-17)25-30-26(34-31-25)23-18(2)32(16-19-10-14-22(28)15-11-19)27(33)29-24(23)20-6-4-3-5-7-20/h3-15,24H,16H2,1-2H3,(H,29,33). The van der Waals surface area contributed by atoms with Crippen LogP contribution in [0.5, 0.6) is 0 Å². The number of benzene rings is 3. The molecular weight excluding hydrogens is 448 g/mol. The Balaban J connectivity index is 1.58. The van der Waals surface area contributed by atoms with E-state index in [1.807, 2.05) is 92.7 Å². The monoisotopic (exact) mass is 470 g/mol. The van der Waals surface area contributed by atoms with Gasteiger partial charge in [-0.05, 0) is 37.1 Å². The molecule has 0 fully saturated rings. The van der Waals surface area contributed by atoms with Crippen molar-refractivity contribution in [2.75, 3.05) is 0 Å². The number of hydrogen-bond acceptors (Lipinski definition) is 4. The second kappa shape index (κ2) is 9.15. The predicted molar refractivity (Wildman–Crippen MR) is 132 cm³/mol. The van der Waals surface area contributed by atoms with Gasteiger partial charge in [-0.2, -0.15) is 4.98 Å². The van der Waals surface area contributed by atoms with E-state index in [0.717, 1.165) is 33.5 Å². The van der Waals surface area contributed by atoms with Crippen LogP contribution in [0, 0.1) is 6.92 Å². The highest BCUT2D eigenvalue weighted by atomic mass is 35.5. The Hall–Kier alpha value is -3.90. The fraction of sp³-hybridized carbons (Fsp3) is 0.148. The fourth-order valence-electron chi connectivity index (χ4n) is 4.07. The maximum absolute atomic E-state index is 13.2. The summed E-state index contributed by atoms with van der Waals surface area (Å²) in [6.07, 6.45) is 0. The first kappa shape index (κ1) is 21.9. The summed E-state index contributed by atoms with van der Waals surface area (Å²) < 4.78 is 5.75. The summed E-state index contributed by atoms with van der Waals surface area (Å²) >= 11 is 6.03. The van der Waals surface area contributed by atoms with Gasteiger partial charge in [0.2, 0.25) is 5.82 Å². The maximum atomic E-state index is 13.2. The number of halogens is 1. The molecule has 1 N–H and O–H groups in total. The minimum absolute atomic E-state index is 0.191. The molecular formula is C27H23ClN4O2. The van der Waals surface area contributed by atoms with Gasteiger partial charge >= 0.3 is 6.03 Å². The van der Waals surface area contributed by atoms with Crippen molar-refractivity contribution in [3.8, 4) is 11.4 Å². The van der Waals surface area contributed by atoms with Gasteiger partial charge in [-0.3, -0.25) is 4.90 Å². The highest BCUT2D eigenvalue weighted by Gasteiger charge is 2.35. The van der Waals surface area contributed by atoms with Gasteiger partial charge < -0.3 is 9.84 Å². The smallest absolute Gasteiger partial charge is 0.322 e. The largest absolute Gasteiger partial charge is 0.334 e. The normalized spacial score (nSPS) is 16.0. The van der Waals surface area contributed by atoms with E-state index >= 15 is 0 Å². The number of nitrogens with zero attached hydrogens (tertiary/aromatic N) is 3. The Labute approximate surface area is 202 Å². The van der Waals surface area contributed by atoms with Crippen LogP contribution in [0.1, 0.15) is 35.5 Å². The molecule has 1 aliphatic heterocycles. The third-order valence-corrected chi connectivity index (χ3v) is 6.20. The number of amides is 2. The van der Waals surface area contributed by atoms with Crippen LogP contribution in [-0.4, -0.2) is 21.1 Å². The summed E-state index contributed by atoms with van der Waals surface area (Å²) in [6.45, 7) is 4.33. The van der Waals surface area contributed by atoms with Crippen LogP contribution in [0.2, 0.25) is 5.02 Å². The molecule has 2 amide bonds. The van der Waals surface area contributed by atoms with Gasteiger partial charge in [-0.25, -0.2) is 4.79 Å². The number of aromatic nitrogens is 2. The molecule has 34 heavy (non-hydrogen) atoms. The third kappa shape index (κ3) is 4.32. The molecule has 0 spiro atoms.